The van der Waals surface area contributed by atoms with Crippen molar-refractivity contribution < 1.29 is 46.8 Å². The molecule has 0 saturated carbocycles. The lowest BCUT2D eigenvalue weighted by Crippen LogP contribution is -2.50. The van der Waals surface area contributed by atoms with Crippen LogP contribution in [0.5, 0.6) is 0 Å². The van der Waals surface area contributed by atoms with Crippen LogP contribution in [-0.4, -0.2) is 74.0 Å². The van der Waals surface area contributed by atoms with Crippen LogP contribution in [0.15, 0.2) is 12.2 Å². The first-order valence-corrected chi connectivity index (χ1v) is 12.9. The molecule has 0 spiro atoms. The van der Waals surface area contributed by atoms with Crippen LogP contribution in [0.25, 0.3) is 0 Å². The molecule has 0 aromatic carbocycles. The number of carbonyl (C=O) groups is 5. The van der Waals surface area contributed by atoms with Gasteiger partial charge in [0.1, 0.15) is 0 Å². The number of hydrogen-bond acceptors (Lipinski definition) is 11. The van der Waals surface area contributed by atoms with Gasteiger partial charge in [-0.1, -0.05) is 25.6 Å². The molecule has 1 unspecified atom stereocenters. The van der Waals surface area contributed by atoms with E-state index in [0.29, 0.717) is 0 Å². The van der Waals surface area contributed by atoms with Gasteiger partial charge in [-0.25, -0.2) is 9.36 Å². The molecule has 2 N–H and O–H groups in total. The maximum absolute atomic E-state index is 12.5. The molecule has 0 aliphatic carbocycles. The number of ether oxygens (including phenoxy) is 1. The third-order valence-corrected chi connectivity index (χ3v) is 6.69. The third-order valence-electron chi connectivity index (χ3n) is 4.33. The average Bonchev–Trinajstić information content (AvgIpc) is 2.77. The van der Waals surface area contributed by atoms with E-state index in [0.717, 1.165) is 23.9 Å². The van der Waals surface area contributed by atoms with Gasteiger partial charge in [-0.15, -0.1) is 0 Å². The number of nitrogens with one attached hydrogen (secondary N) is 2. The van der Waals surface area contributed by atoms with E-state index in [4.69, 9.17) is 13.6 Å². The molecule has 34 heavy (non-hydrogen) atoms. The van der Waals surface area contributed by atoms with Gasteiger partial charge in [-0.05, 0) is 13.0 Å². The monoisotopic (exact) mass is 522 g/mol. The molecule has 2 atom stereocenters. The zero-order valence-electron chi connectivity index (χ0n) is 19.6. The molecule has 14 heteroatoms. The van der Waals surface area contributed by atoms with Crippen LogP contribution in [0.4, 0.5) is 0 Å². The molecule has 1 rings (SSSR count). The van der Waals surface area contributed by atoms with Crippen LogP contribution in [0, 0.1) is 5.41 Å². The summed E-state index contributed by atoms with van der Waals surface area (Å²) in [6.45, 7) is 5.38. The van der Waals surface area contributed by atoms with E-state index >= 15 is 0 Å². The van der Waals surface area contributed by atoms with Crippen LogP contribution < -0.4 is 10.6 Å². The zero-order valence-corrected chi connectivity index (χ0v) is 21.3. The van der Waals surface area contributed by atoms with Gasteiger partial charge in [-0.3, -0.25) is 32.7 Å². The van der Waals surface area contributed by atoms with Gasteiger partial charge < -0.3 is 15.4 Å². The van der Waals surface area contributed by atoms with Gasteiger partial charge in [0.25, 0.3) is 0 Å². The maximum atomic E-state index is 12.5. The number of phosphoric acid groups is 1. The highest BCUT2D eigenvalue weighted by atomic mass is 32.2. The number of hydrogen-bond donors (Lipinski definition) is 2. The summed E-state index contributed by atoms with van der Waals surface area (Å²) in [5.74, 6) is -1.86. The Labute approximate surface area is 202 Å². The maximum Gasteiger partial charge on any atom is 0.475 e. The third kappa shape index (κ3) is 10.9. The van der Waals surface area contributed by atoms with Crippen molar-refractivity contribution in [1.29, 1.82) is 0 Å². The minimum absolute atomic E-state index is 0.00635. The minimum atomic E-state index is -3.82. The molecule has 2 amide bonds. The SMILES string of the molecule is CCOP1(=O)OCC(C)(C)[C@H](C(=O)NCCC(=O)NCCSC(=O)CC(=O)/C=C/C(=O)OC)O1. The second-order valence-electron chi connectivity index (χ2n) is 7.72. The molecule has 1 saturated heterocycles. The van der Waals surface area contributed by atoms with Crippen molar-refractivity contribution in [2.45, 2.75) is 39.7 Å². The summed E-state index contributed by atoms with van der Waals surface area (Å²) in [5.41, 5.74) is -0.752. The molecular weight excluding hydrogens is 491 g/mol. The van der Waals surface area contributed by atoms with Crippen molar-refractivity contribution in [2.75, 3.05) is 39.2 Å². The van der Waals surface area contributed by atoms with Gasteiger partial charge in [0, 0.05) is 36.8 Å². The van der Waals surface area contributed by atoms with Crippen molar-refractivity contribution in [2.24, 2.45) is 5.41 Å². The number of esters is 1. The van der Waals surface area contributed by atoms with Crippen LogP contribution in [0.3, 0.4) is 0 Å². The molecule has 0 aromatic rings. The van der Waals surface area contributed by atoms with Crippen LogP contribution in [0.1, 0.15) is 33.6 Å². The summed E-state index contributed by atoms with van der Waals surface area (Å²) in [4.78, 5) is 58.6. The first-order valence-electron chi connectivity index (χ1n) is 10.5. The summed E-state index contributed by atoms with van der Waals surface area (Å²) in [5, 5.41) is 4.78. The summed E-state index contributed by atoms with van der Waals surface area (Å²) >= 11 is 0.877. The predicted octanol–water partition coefficient (Wildman–Crippen LogP) is 1.14. The first kappa shape index (κ1) is 30.0. The Morgan fingerprint density at radius 1 is 1.15 bits per heavy atom. The fraction of sp³-hybridized carbons (Fsp3) is 0.650. The van der Waals surface area contributed by atoms with E-state index in [9.17, 15) is 28.5 Å². The second kappa shape index (κ2) is 14.4. The average molecular weight is 523 g/mol. The zero-order chi connectivity index (χ0) is 25.8. The Balaban J connectivity index is 2.29. The molecule has 1 heterocycles. The van der Waals surface area contributed by atoms with Gasteiger partial charge in [0.05, 0.1) is 26.7 Å². The van der Waals surface area contributed by atoms with E-state index < -0.39 is 42.1 Å². The lowest BCUT2D eigenvalue weighted by atomic mass is 9.87. The molecule has 0 bridgehead atoms. The van der Waals surface area contributed by atoms with E-state index in [1.165, 1.54) is 7.11 Å². The van der Waals surface area contributed by atoms with Crippen LogP contribution >= 0.6 is 19.6 Å². The highest BCUT2D eigenvalue weighted by Gasteiger charge is 2.48. The Morgan fingerprint density at radius 2 is 1.85 bits per heavy atom. The van der Waals surface area contributed by atoms with Gasteiger partial charge in [0.15, 0.2) is 17.0 Å². The Morgan fingerprint density at radius 3 is 2.50 bits per heavy atom. The number of allylic oxidation sites excluding steroid dienone is 1. The van der Waals surface area contributed by atoms with Crippen molar-refractivity contribution in [3.8, 4) is 0 Å². The van der Waals surface area contributed by atoms with Crippen molar-refractivity contribution >= 4 is 48.3 Å². The molecule has 0 radical (unpaired) electrons. The number of ketones is 1. The summed E-state index contributed by atoms with van der Waals surface area (Å²) in [6.07, 6.45) is 0.441. The molecular formula is C20H31N2O10PS. The standard InChI is InChI=1S/C20H31N2O10PS/c1-5-30-33(28)31-13-20(2,3)18(32-33)19(27)22-9-8-15(24)21-10-11-34-17(26)12-14(23)6-7-16(25)29-4/h6-7,18H,5,8-13H2,1-4H3,(H,21,24)(H,22,27)/b7-6+/t18-,33?/m0/s1. The molecule has 12 nitrogen and oxygen atoms in total. The van der Waals surface area contributed by atoms with Crippen LogP contribution in [0.2, 0.25) is 0 Å². The molecule has 1 aliphatic heterocycles. The largest absolute Gasteiger partial charge is 0.475 e. The molecule has 0 aromatic heterocycles. The lowest BCUT2D eigenvalue weighted by molar-refractivity contribution is -0.141. The Kier molecular flexibility index (Phi) is 12.7. The topological polar surface area (TPSA) is 163 Å². The van der Waals surface area contributed by atoms with E-state index in [-0.39, 0.29) is 50.8 Å². The number of amides is 2. The fourth-order valence-corrected chi connectivity index (χ4v) is 4.89. The highest BCUT2D eigenvalue weighted by Crippen LogP contribution is 2.57. The summed E-state index contributed by atoms with van der Waals surface area (Å²) in [6, 6.07) is 0. The van der Waals surface area contributed by atoms with E-state index in [2.05, 4.69) is 15.4 Å². The summed E-state index contributed by atoms with van der Waals surface area (Å²) in [7, 11) is -2.65. The predicted molar refractivity (Wildman–Crippen MR) is 123 cm³/mol. The number of methoxy groups -OCH3 is 1. The smallest absolute Gasteiger partial charge is 0.466 e. The number of carbonyl (C=O) groups excluding carboxylic acids is 5. The number of rotatable bonds is 13. The van der Waals surface area contributed by atoms with E-state index in [1.54, 1.807) is 20.8 Å². The van der Waals surface area contributed by atoms with Crippen LogP contribution in [-0.2, 0) is 46.8 Å². The molecule has 1 fully saturated rings. The quantitative estimate of drug-likeness (QED) is 0.117. The van der Waals surface area contributed by atoms with Gasteiger partial charge in [-0.2, -0.15) is 0 Å². The molecule has 192 valence electrons. The van der Waals surface area contributed by atoms with Gasteiger partial charge in [0.2, 0.25) is 11.8 Å². The fourth-order valence-electron chi connectivity index (χ4n) is 2.57. The van der Waals surface area contributed by atoms with Crippen molar-refractivity contribution in [3.05, 3.63) is 12.2 Å². The van der Waals surface area contributed by atoms with E-state index in [1.807, 2.05) is 0 Å². The van der Waals surface area contributed by atoms with Crippen molar-refractivity contribution in [3.63, 3.8) is 0 Å². The molecule has 1 aliphatic rings. The second-order valence-corrected chi connectivity index (χ2v) is 10.5. The number of thioether (sulfide) groups is 1. The Bertz CT molecular complexity index is 845. The number of phosphoric ester groups is 1. The highest BCUT2D eigenvalue weighted by molar-refractivity contribution is 8.13. The first-order chi connectivity index (χ1) is 15.9. The normalized spacial score (nSPS) is 21.6. The summed E-state index contributed by atoms with van der Waals surface area (Å²) < 4.78 is 32.2. The van der Waals surface area contributed by atoms with Crippen molar-refractivity contribution in [1.82, 2.24) is 10.6 Å². The van der Waals surface area contributed by atoms with Gasteiger partial charge >= 0.3 is 13.8 Å². The lowest BCUT2D eigenvalue weighted by Gasteiger charge is -2.39. The minimum Gasteiger partial charge on any atom is -0.466 e. The Hall–Kier alpha value is -2.05.